The fourth-order valence-electron chi connectivity index (χ4n) is 2.02. The molecule has 1 heterocycles. The highest BCUT2D eigenvalue weighted by Gasteiger charge is 2.24. The zero-order chi connectivity index (χ0) is 13.2. The summed E-state index contributed by atoms with van der Waals surface area (Å²) < 4.78 is 36.0. The van der Waals surface area contributed by atoms with Gasteiger partial charge in [-0.05, 0) is 6.07 Å². The molecule has 1 aromatic carbocycles. The summed E-state index contributed by atoms with van der Waals surface area (Å²) in [5, 5.41) is 9.95. The Bertz CT molecular complexity index is 504. The number of β-amino-alcohol motifs (C(OH)–C–C–N with tert-alkyl or cyclic N) is 1. The number of halogens is 1. The standard InChI is InChI=1S/C12H16FNO3S/c13-11-4-2-1-3-10(11)12(15)9-14-5-7-18(16,17)8-6-14/h1-4,12,15H,5-9H2. The Morgan fingerprint density at radius 3 is 2.50 bits per heavy atom. The van der Waals surface area contributed by atoms with Crippen molar-refractivity contribution in [1.82, 2.24) is 4.90 Å². The van der Waals surface area contributed by atoms with Crippen molar-refractivity contribution in [2.24, 2.45) is 0 Å². The topological polar surface area (TPSA) is 57.6 Å². The zero-order valence-corrected chi connectivity index (χ0v) is 10.7. The molecule has 4 nitrogen and oxygen atoms in total. The Kier molecular flexibility index (Phi) is 3.99. The maximum atomic E-state index is 13.4. The predicted molar refractivity (Wildman–Crippen MR) is 66.5 cm³/mol. The van der Waals surface area contributed by atoms with Crippen LogP contribution in [-0.4, -0.2) is 49.6 Å². The molecule has 100 valence electrons. The highest BCUT2D eigenvalue weighted by Crippen LogP contribution is 2.18. The first kappa shape index (κ1) is 13.5. The molecule has 1 aromatic rings. The van der Waals surface area contributed by atoms with Gasteiger partial charge in [0.15, 0.2) is 9.84 Å². The summed E-state index contributed by atoms with van der Waals surface area (Å²) in [6, 6.07) is 6.08. The number of aliphatic hydroxyl groups is 1. The third kappa shape index (κ3) is 3.28. The Labute approximate surface area is 106 Å². The first-order valence-electron chi connectivity index (χ1n) is 5.83. The van der Waals surface area contributed by atoms with E-state index in [9.17, 15) is 17.9 Å². The number of hydrogen-bond acceptors (Lipinski definition) is 4. The maximum absolute atomic E-state index is 13.4. The Hall–Kier alpha value is -0.980. The molecule has 0 aromatic heterocycles. The minimum absolute atomic E-state index is 0.108. The lowest BCUT2D eigenvalue weighted by atomic mass is 10.1. The molecule has 0 spiro atoms. The second-order valence-electron chi connectivity index (χ2n) is 4.49. The molecular weight excluding hydrogens is 257 g/mol. The Balaban J connectivity index is 1.97. The van der Waals surface area contributed by atoms with Crippen molar-refractivity contribution in [3.63, 3.8) is 0 Å². The van der Waals surface area contributed by atoms with Gasteiger partial charge in [0.2, 0.25) is 0 Å². The number of sulfone groups is 1. The Morgan fingerprint density at radius 1 is 1.28 bits per heavy atom. The molecule has 1 fully saturated rings. The molecule has 1 aliphatic heterocycles. The molecule has 2 rings (SSSR count). The number of benzene rings is 1. The lowest BCUT2D eigenvalue weighted by molar-refractivity contribution is 0.114. The molecule has 0 saturated carbocycles. The van der Waals surface area contributed by atoms with E-state index in [4.69, 9.17) is 0 Å². The van der Waals surface area contributed by atoms with Gasteiger partial charge in [-0.25, -0.2) is 12.8 Å². The minimum atomic E-state index is -2.92. The lowest BCUT2D eigenvalue weighted by Gasteiger charge is -2.28. The summed E-state index contributed by atoms with van der Waals surface area (Å²) in [6.45, 7) is 1.05. The van der Waals surface area contributed by atoms with Crippen LogP contribution in [0.25, 0.3) is 0 Å². The van der Waals surface area contributed by atoms with E-state index in [0.717, 1.165) is 0 Å². The largest absolute Gasteiger partial charge is 0.387 e. The smallest absolute Gasteiger partial charge is 0.152 e. The van der Waals surface area contributed by atoms with Gasteiger partial charge >= 0.3 is 0 Å². The van der Waals surface area contributed by atoms with Crippen molar-refractivity contribution in [3.8, 4) is 0 Å². The van der Waals surface area contributed by atoms with Gasteiger partial charge in [-0.3, -0.25) is 4.90 Å². The predicted octanol–water partition coefficient (Wildman–Crippen LogP) is 0.589. The van der Waals surface area contributed by atoms with E-state index in [1.165, 1.54) is 6.07 Å². The number of nitrogens with zero attached hydrogens (tertiary/aromatic N) is 1. The van der Waals surface area contributed by atoms with E-state index in [0.29, 0.717) is 13.1 Å². The van der Waals surface area contributed by atoms with Crippen LogP contribution in [0, 0.1) is 5.82 Å². The van der Waals surface area contributed by atoms with Gasteiger partial charge in [0.25, 0.3) is 0 Å². The van der Waals surface area contributed by atoms with Crippen LogP contribution in [-0.2, 0) is 9.84 Å². The maximum Gasteiger partial charge on any atom is 0.152 e. The summed E-state index contributed by atoms with van der Waals surface area (Å²) in [6.07, 6.45) is -0.924. The molecule has 0 bridgehead atoms. The van der Waals surface area contributed by atoms with Crippen LogP contribution in [0.4, 0.5) is 4.39 Å². The number of aliphatic hydroxyl groups excluding tert-OH is 1. The molecule has 18 heavy (non-hydrogen) atoms. The summed E-state index contributed by atoms with van der Waals surface area (Å²) in [5.41, 5.74) is 0.255. The van der Waals surface area contributed by atoms with Crippen molar-refractivity contribution >= 4 is 9.84 Å². The Morgan fingerprint density at radius 2 is 1.89 bits per heavy atom. The van der Waals surface area contributed by atoms with Gasteiger partial charge in [-0.15, -0.1) is 0 Å². The van der Waals surface area contributed by atoms with E-state index in [-0.39, 0.29) is 23.6 Å². The molecule has 0 aliphatic carbocycles. The second-order valence-corrected chi connectivity index (χ2v) is 6.79. The number of hydrogen-bond donors (Lipinski definition) is 1. The number of rotatable bonds is 3. The van der Waals surface area contributed by atoms with Crippen LogP contribution < -0.4 is 0 Å². The van der Waals surface area contributed by atoms with Crippen LogP contribution in [0.3, 0.4) is 0 Å². The second kappa shape index (κ2) is 5.34. The molecule has 1 aliphatic rings. The van der Waals surface area contributed by atoms with Gasteiger partial charge in [0, 0.05) is 25.2 Å². The molecule has 6 heteroatoms. The molecule has 1 atom stereocenters. The van der Waals surface area contributed by atoms with Crippen LogP contribution in [0.1, 0.15) is 11.7 Å². The SMILES string of the molecule is O=S1(=O)CCN(CC(O)c2ccccc2F)CC1. The highest BCUT2D eigenvalue weighted by atomic mass is 32.2. The minimum Gasteiger partial charge on any atom is -0.387 e. The van der Waals surface area contributed by atoms with Crippen LogP contribution in [0.15, 0.2) is 24.3 Å². The molecule has 0 amide bonds. The van der Waals surface area contributed by atoms with E-state index < -0.39 is 21.8 Å². The average molecular weight is 273 g/mol. The molecule has 1 N–H and O–H groups in total. The van der Waals surface area contributed by atoms with Gasteiger partial charge < -0.3 is 5.11 Å². The first-order valence-corrected chi connectivity index (χ1v) is 7.65. The monoisotopic (exact) mass is 273 g/mol. The highest BCUT2D eigenvalue weighted by molar-refractivity contribution is 7.91. The van der Waals surface area contributed by atoms with E-state index in [1.807, 2.05) is 4.90 Å². The van der Waals surface area contributed by atoms with Gasteiger partial charge in [-0.2, -0.15) is 0 Å². The molecule has 1 unspecified atom stereocenters. The average Bonchev–Trinajstić information content (AvgIpc) is 2.32. The zero-order valence-electron chi connectivity index (χ0n) is 9.92. The van der Waals surface area contributed by atoms with Crippen molar-refractivity contribution in [1.29, 1.82) is 0 Å². The first-order chi connectivity index (χ1) is 8.48. The quantitative estimate of drug-likeness (QED) is 0.875. The van der Waals surface area contributed by atoms with E-state index >= 15 is 0 Å². The lowest BCUT2D eigenvalue weighted by Crippen LogP contribution is -2.42. The van der Waals surface area contributed by atoms with Crippen LogP contribution >= 0.6 is 0 Å². The normalized spacial score (nSPS) is 21.7. The van der Waals surface area contributed by atoms with E-state index in [2.05, 4.69) is 0 Å². The van der Waals surface area contributed by atoms with E-state index in [1.54, 1.807) is 18.2 Å². The van der Waals surface area contributed by atoms with Crippen LogP contribution in [0.5, 0.6) is 0 Å². The van der Waals surface area contributed by atoms with Crippen molar-refractivity contribution in [2.75, 3.05) is 31.1 Å². The van der Waals surface area contributed by atoms with Crippen molar-refractivity contribution in [2.45, 2.75) is 6.10 Å². The fraction of sp³-hybridized carbons (Fsp3) is 0.500. The van der Waals surface area contributed by atoms with Crippen molar-refractivity contribution in [3.05, 3.63) is 35.6 Å². The third-order valence-corrected chi connectivity index (χ3v) is 4.74. The molecular formula is C12H16FNO3S. The van der Waals surface area contributed by atoms with Crippen molar-refractivity contribution < 1.29 is 17.9 Å². The summed E-state index contributed by atoms with van der Waals surface area (Å²) >= 11 is 0. The third-order valence-electron chi connectivity index (χ3n) is 3.13. The van der Waals surface area contributed by atoms with Gasteiger partial charge in [0.1, 0.15) is 5.82 Å². The van der Waals surface area contributed by atoms with Gasteiger partial charge in [0.05, 0.1) is 17.6 Å². The molecule has 0 radical (unpaired) electrons. The molecule has 1 saturated heterocycles. The fourth-order valence-corrected chi connectivity index (χ4v) is 3.30. The van der Waals surface area contributed by atoms with Crippen LogP contribution in [0.2, 0.25) is 0 Å². The van der Waals surface area contributed by atoms with Gasteiger partial charge in [-0.1, -0.05) is 18.2 Å². The summed E-state index contributed by atoms with van der Waals surface area (Å²) in [5.74, 6) is -0.219. The summed E-state index contributed by atoms with van der Waals surface area (Å²) in [4.78, 5) is 1.85. The summed E-state index contributed by atoms with van der Waals surface area (Å²) in [7, 11) is -2.92.